The number of ketones is 1. The number of benzene rings is 1. The number of para-hydroxylation sites is 1. The highest BCUT2D eigenvalue weighted by molar-refractivity contribution is 7.10. The molecular formula is C21H19N3O2S. The van der Waals surface area contributed by atoms with Crippen molar-refractivity contribution in [1.82, 2.24) is 9.78 Å². The smallest absolute Gasteiger partial charge is 0.277 e. The van der Waals surface area contributed by atoms with Crippen molar-refractivity contribution < 1.29 is 4.79 Å². The number of allylic oxidation sites excluding steroid dienone is 2. The Morgan fingerprint density at radius 3 is 2.67 bits per heavy atom. The third kappa shape index (κ3) is 2.44. The molecule has 1 aromatic carbocycles. The first-order chi connectivity index (χ1) is 13.1. The molecule has 136 valence electrons. The quantitative estimate of drug-likeness (QED) is 0.707. The minimum atomic E-state index is -0.294. The van der Waals surface area contributed by atoms with Crippen LogP contribution in [0.2, 0.25) is 0 Å². The number of hydrogen-bond donors (Lipinski definition) is 2. The van der Waals surface area contributed by atoms with Crippen LogP contribution in [0, 0.1) is 6.92 Å². The number of hydrogen-bond acceptors (Lipinski definition) is 4. The van der Waals surface area contributed by atoms with Gasteiger partial charge in [-0.1, -0.05) is 18.2 Å². The van der Waals surface area contributed by atoms with Gasteiger partial charge in [-0.15, -0.1) is 11.3 Å². The molecule has 0 fully saturated rings. The lowest BCUT2D eigenvalue weighted by Gasteiger charge is -2.30. The molecule has 2 N–H and O–H groups in total. The molecule has 5 rings (SSSR count). The molecule has 1 aliphatic heterocycles. The van der Waals surface area contributed by atoms with Crippen LogP contribution in [0.5, 0.6) is 0 Å². The third-order valence-electron chi connectivity index (χ3n) is 5.41. The Labute approximate surface area is 160 Å². The van der Waals surface area contributed by atoms with Crippen LogP contribution in [0.4, 0.5) is 5.82 Å². The van der Waals surface area contributed by atoms with Crippen molar-refractivity contribution in [1.29, 1.82) is 0 Å². The molecule has 6 heteroatoms. The van der Waals surface area contributed by atoms with Crippen molar-refractivity contribution in [2.24, 2.45) is 0 Å². The average molecular weight is 377 g/mol. The van der Waals surface area contributed by atoms with Crippen LogP contribution in [0.1, 0.15) is 41.2 Å². The number of nitrogens with zero attached hydrogens (tertiary/aromatic N) is 1. The van der Waals surface area contributed by atoms with Crippen molar-refractivity contribution >= 4 is 22.9 Å². The van der Waals surface area contributed by atoms with Crippen molar-refractivity contribution in [3.8, 4) is 5.69 Å². The zero-order chi connectivity index (χ0) is 18.5. The predicted octanol–water partition coefficient (Wildman–Crippen LogP) is 4.10. The van der Waals surface area contributed by atoms with E-state index in [0.29, 0.717) is 17.8 Å². The summed E-state index contributed by atoms with van der Waals surface area (Å²) in [6.07, 6.45) is 2.23. The van der Waals surface area contributed by atoms with E-state index in [2.05, 4.69) is 16.5 Å². The van der Waals surface area contributed by atoms with Gasteiger partial charge in [0.05, 0.1) is 17.2 Å². The van der Waals surface area contributed by atoms with Gasteiger partial charge in [-0.2, -0.15) is 0 Å². The summed E-state index contributed by atoms with van der Waals surface area (Å²) in [5, 5.41) is 8.62. The number of Topliss-reactive ketones (excluding diaryl/α,β-unsaturated/α-hetero) is 1. The number of H-pyrrole nitrogens is 1. The van der Waals surface area contributed by atoms with Gasteiger partial charge in [-0.25, -0.2) is 4.68 Å². The van der Waals surface area contributed by atoms with Gasteiger partial charge in [-0.3, -0.25) is 14.7 Å². The van der Waals surface area contributed by atoms with Gasteiger partial charge in [0.2, 0.25) is 0 Å². The fraction of sp³-hybridized carbons (Fsp3) is 0.238. The summed E-state index contributed by atoms with van der Waals surface area (Å²) in [5.74, 6) is 0.562. The highest BCUT2D eigenvalue weighted by Gasteiger charge is 2.39. The van der Waals surface area contributed by atoms with E-state index >= 15 is 0 Å². The molecule has 2 aromatic heterocycles. The molecule has 27 heavy (non-hydrogen) atoms. The minimum absolute atomic E-state index is 0.105. The zero-order valence-electron chi connectivity index (χ0n) is 14.9. The number of fused-ring (bicyclic) bond motifs is 1. The fourth-order valence-electron chi connectivity index (χ4n) is 4.14. The predicted molar refractivity (Wildman–Crippen MR) is 107 cm³/mol. The first kappa shape index (κ1) is 16.3. The number of thiophene rings is 1. The third-order valence-corrected chi connectivity index (χ3v) is 6.50. The molecule has 3 aromatic rings. The molecule has 0 spiro atoms. The lowest BCUT2D eigenvalue weighted by atomic mass is 9.79. The molecule has 1 atom stereocenters. The van der Waals surface area contributed by atoms with Gasteiger partial charge in [0, 0.05) is 22.6 Å². The molecule has 0 bridgehead atoms. The van der Waals surface area contributed by atoms with E-state index in [1.54, 1.807) is 16.0 Å². The van der Waals surface area contributed by atoms with E-state index in [0.717, 1.165) is 40.2 Å². The van der Waals surface area contributed by atoms with E-state index in [4.69, 9.17) is 0 Å². The standard InChI is InChI=1S/C21H19N3O2S/c1-12-10-11-27-19(12)17-16-14(8-5-9-15(16)25)22-20-18(17)21(26)24(23-20)13-6-3-2-4-7-13/h2-4,6-7,10-11,17,22-23H,5,8-9H2,1H3/t17-/m0/s1. The molecule has 0 unspecified atom stereocenters. The highest BCUT2D eigenvalue weighted by Crippen LogP contribution is 2.45. The summed E-state index contributed by atoms with van der Waals surface area (Å²) >= 11 is 1.62. The largest absolute Gasteiger partial charge is 0.343 e. The maximum Gasteiger partial charge on any atom is 0.277 e. The lowest BCUT2D eigenvalue weighted by molar-refractivity contribution is -0.116. The summed E-state index contributed by atoms with van der Waals surface area (Å²) in [6, 6.07) is 11.6. The molecule has 3 heterocycles. The number of aromatic amines is 1. The lowest BCUT2D eigenvalue weighted by Crippen LogP contribution is -2.29. The van der Waals surface area contributed by atoms with E-state index in [9.17, 15) is 9.59 Å². The molecular weight excluding hydrogens is 358 g/mol. The number of nitrogens with one attached hydrogen (secondary N) is 2. The topological polar surface area (TPSA) is 66.9 Å². The van der Waals surface area contributed by atoms with Crippen molar-refractivity contribution in [2.75, 3.05) is 5.32 Å². The molecule has 1 aliphatic carbocycles. The minimum Gasteiger partial charge on any atom is -0.343 e. The Morgan fingerprint density at radius 1 is 1.11 bits per heavy atom. The highest BCUT2D eigenvalue weighted by atomic mass is 32.1. The van der Waals surface area contributed by atoms with E-state index in [1.165, 1.54) is 0 Å². The summed E-state index contributed by atoms with van der Waals surface area (Å²) in [7, 11) is 0. The Balaban J connectivity index is 1.77. The Kier molecular flexibility index (Phi) is 3.68. The summed E-state index contributed by atoms with van der Waals surface area (Å²) in [5.41, 5.74) is 4.16. The van der Waals surface area contributed by atoms with Gasteiger partial charge >= 0.3 is 0 Å². The average Bonchev–Trinajstić information content (AvgIpc) is 3.24. The van der Waals surface area contributed by atoms with Gasteiger partial charge in [-0.05, 0) is 48.9 Å². The maximum absolute atomic E-state index is 13.4. The molecule has 0 amide bonds. The van der Waals surface area contributed by atoms with Crippen LogP contribution < -0.4 is 10.9 Å². The number of aromatic nitrogens is 2. The molecule has 5 nitrogen and oxygen atoms in total. The van der Waals surface area contributed by atoms with Crippen LogP contribution in [0.15, 0.2) is 57.8 Å². The number of carbonyl (C=O) groups is 1. The Bertz CT molecular complexity index is 1130. The first-order valence-corrected chi connectivity index (χ1v) is 10.0. The molecule has 2 aliphatic rings. The zero-order valence-corrected chi connectivity index (χ0v) is 15.7. The van der Waals surface area contributed by atoms with Crippen LogP contribution in [0.3, 0.4) is 0 Å². The van der Waals surface area contributed by atoms with Crippen LogP contribution in [-0.4, -0.2) is 15.6 Å². The second-order valence-electron chi connectivity index (χ2n) is 7.07. The second kappa shape index (κ2) is 6.09. The van der Waals surface area contributed by atoms with Crippen LogP contribution in [-0.2, 0) is 4.79 Å². The van der Waals surface area contributed by atoms with E-state index in [-0.39, 0.29) is 17.3 Å². The van der Waals surface area contributed by atoms with E-state index in [1.807, 2.05) is 42.6 Å². The van der Waals surface area contributed by atoms with Gasteiger partial charge in [0.25, 0.3) is 5.56 Å². The van der Waals surface area contributed by atoms with E-state index < -0.39 is 0 Å². The van der Waals surface area contributed by atoms with Gasteiger partial charge < -0.3 is 5.32 Å². The van der Waals surface area contributed by atoms with Crippen LogP contribution in [0.25, 0.3) is 5.69 Å². The summed E-state index contributed by atoms with van der Waals surface area (Å²) in [4.78, 5) is 27.3. The van der Waals surface area contributed by atoms with Crippen molar-refractivity contribution in [3.05, 3.63) is 79.4 Å². The number of rotatable bonds is 2. The normalized spacial score (nSPS) is 18.9. The summed E-state index contributed by atoms with van der Waals surface area (Å²) in [6.45, 7) is 2.05. The summed E-state index contributed by atoms with van der Waals surface area (Å²) < 4.78 is 1.57. The monoisotopic (exact) mass is 377 g/mol. The van der Waals surface area contributed by atoms with Gasteiger partial charge in [0.15, 0.2) is 5.78 Å². The van der Waals surface area contributed by atoms with Crippen molar-refractivity contribution in [3.63, 3.8) is 0 Å². The van der Waals surface area contributed by atoms with Gasteiger partial charge in [0.1, 0.15) is 5.82 Å². The maximum atomic E-state index is 13.4. The first-order valence-electron chi connectivity index (χ1n) is 9.12. The molecule has 0 radical (unpaired) electrons. The Hall–Kier alpha value is -2.86. The second-order valence-corrected chi connectivity index (χ2v) is 8.02. The number of anilines is 1. The SMILES string of the molecule is Cc1ccsc1[C@H]1C2=C(CCCC2=O)Nc2[nH]n(-c3ccccc3)c(=O)c21. The Morgan fingerprint density at radius 2 is 1.93 bits per heavy atom. The van der Waals surface area contributed by atoms with Crippen molar-refractivity contribution in [2.45, 2.75) is 32.1 Å². The van der Waals surface area contributed by atoms with Crippen LogP contribution >= 0.6 is 11.3 Å². The molecule has 0 saturated carbocycles. The number of aryl methyl sites for hydroxylation is 1. The number of carbonyl (C=O) groups excluding carboxylic acids is 1. The molecule has 0 saturated heterocycles. The fourth-order valence-corrected chi connectivity index (χ4v) is 5.18.